The minimum atomic E-state index is -0.109. The van der Waals surface area contributed by atoms with Crippen LogP contribution in [0.15, 0.2) is 4.99 Å². The summed E-state index contributed by atoms with van der Waals surface area (Å²) in [6.45, 7) is 5.58. The number of nitrogens with zero attached hydrogens (tertiary/aromatic N) is 1. The first-order valence-corrected chi connectivity index (χ1v) is 5.52. The summed E-state index contributed by atoms with van der Waals surface area (Å²) >= 11 is 3.24. The van der Waals surface area contributed by atoms with E-state index in [2.05, 4.69) is 18.8 Å². The highest BCUT2D eigenvalue weighted by Gasteiger charge is 1.98. The van der Waals surface area contributed by atoms with Crippen LogP contribution in [0, 0.1) is 0 Å². The van der Waals surface area contributed by atoms with E-state index in [9.17, 15) is 4.79 Å². The van der Waals surface area contributed by atoms with Crippen LogP contribution in [0.2, 0.25) is 0 Å². The minimum Gasteiger partial charge on any atom is -0.273 e. The molecule has 2 nitrogen and oxygen atoms in total. The van der Waals surface area contributed by atoms with E-state index in [1.54, 1.807) is 23.5 Å². The van der Waals surface area contributed by atoms with Gasteiger partial charge in [0, 0.05) is 6.92 Å². The number of amides is 1. The Balaban J connectivity index is 3.96. The van der Waals surface area contributed by atoms with Crippen LogP contribution in [-0.2, 0) is 4.79 Å². The summed E-state index contributed by atoms with van der Waals surface area (Å²) in [6, 6.07) is 0. The van der Waals surface area contributed by atoms with Crippen molar-refractivity contribution < 1.29 is 4.79 Å². The van der Waals surface area contributed by atoms with Crippen molar-refractivity contribution in [2.75, 3.05) is 11.5 Å². The third-order valence-corrected chi connectivity index (χ3v) is 2.75. The minimum absolute atomic E-state index is 0.109. The van der Waals surface area contributed by atoms with Gasteiger partial charge in [-0.15, -0.1) is 0 Å². The smallest absolute Gasteiger partial charge is 0.244 e. The summed E-state index contributed by atoms with van der Waals surface area (Å²) in [5.74, 6) is 1.83. The van der Waals surface area contributed by atoms with Gasteiger partial charge in [0.05, 0.1) is 0 Å². The molecule has 0 heterocycles. The molecule has 64 valence electrons. The third-order valence-electron chi connectivity index (χ3n) is 0.784. The van der Waals surface area contributed by atoms with E-state index in [0.29, 0.717) is 0 Å². The molecule has 0 N–H and O–H groups in total. The van der Waals surface area contributed by atoms with Crippen molar-refractivity contribution in [3.8, 4) is 0 Å². The van der Waals surface area contributed by atoms with Gasteiger partial charge in [-0.2, -0.15) is 4.99 Å². The van der Waals surface area contributed by atoms with Crippen molar-refractivity contribution in [3.05, 3.63) is 0 Å². The molecule has 0 aliphatic rings. The van der Waals surface area contributed by atoms with Crippen LogP contribution in [0.3, 0.4) is 0 Å². The van der Waals surface area contributed by atoms with Crippen molar-refractivity contribution in [1.82, 2.24) is 0 Å². The lowest BCUT2D eigenvalue weighted by Crippen LogP contribution is -1.92. The van der Waals surface area contributed by atoms with E-state index in [4.69, 9.17) is 0 Å². The Hall–Kier alpha value is 0.0400. The second kappa shape index (κ2) is 6.73. The quantitative estimate of drug-likeness (QED) is 0.496. The highest BCUT2D eigenvalue weighted by molar-refractivity contribution is 8.38. The number of thioether (sulfide) groups is 2. The fourth-order valence-electron chi connectivity index (χ4n) is 0.482. The van der Waals surface area contributed by atoms with Gasteiger partial charge in [-0.1, -0.05) is 37.4 Å². The first kappa shape index (κ1) is 11.0. The van der Waals surface area contributed by atoms with Crippen LogP contribution < -0.4 is 0 Å². The third kappa shape index (κ3) is 6.44. The summed E-state index contributed by atoms with van der Waals surface area (Å²) in [5.41, 5.74) is 0. The van der Waals surface area contributed by atoms with Gasteiger partial charge in [-0.25, -0.2) is 0 Å². The van der Waals surface area contributed by atoms with Crippen LogP contribution in [0.25, 0.3) is 0 Å². The highest BCUT2D eigenvalue weighted by atomic mass is 32.2. The van der Waals surface area contributed by atoms with E-state index < -0.39 is 0 Å². The van der Waals surface area contributed by atoms with Gasteiger partial charge in [0.2, 0.25) is 5.91 Å². The number of carbonyl (C=O) groups excluding carboxylic acids is 1. The topological polar surface area (TPSA) is 29.4 Å². The van der Waals surface area contributed by atoms with E-state index >= 15 is 0 Å². The van der Waals surface area contributed by atoms with E-state index in [1.807, 2.05) is 0 Å². The van der Waals surface area contributed by atoms with Crippen LogP contribution in [-0.4, -0.2) is 21.8 Å². The molecule has 0 aliphatic carbocycles. The molecule has 0 aromatic carbocycles. The summed E-state index contributed by atoms with van der Waals surface area (Å²) < 4.78 is 0.891. The lowest BCUT2D eigenvalue weighted by atomic mass is 10.8. The molecular formula is C7H13NOS2. The summed E-state index contributed by atoms with van der Waals surface area (Å²) in [7, 11) is 0. The summed E-state index contributed by atoms with van der Waals surface area (Å²) in [4.78, 5) is 14.4. The zero-order valence-corrected chi connectivity index (χ0v) is 8.72. The van der Waals surface area contributed by atoms with Gasteiger partial charge in [0.25, 0.3) is 0 Å². The van der Waals surface area contributed by atoms with Gasteiger partial charge in [0.15, 0.2) is 0 Å². The zero-order chi connectivity index (χ0) is 8.69. The molecule has 0 radical (unpaired) electrons. The predicted octanol–water partition coefficient (Wildman–Crippen LogP) is 2.40. The number of hydrogen-bond acceptors (Lipinski definition) is 3. The first-order chi connectivity index (χ1) is 5.20. The van der Waals surface area contributed by atoms with Crippen LogP contribution >= 0.6 is 23.5 Å². The Kier molecular flexibility index (Phi) is 6.76. The molecule has 0 aromatic heterocycles. The van der Waals surface area contributed by atoms with E-state index in [1.165, 1.54) is 6.92 Å². The molecule has 0 rings (SSSR count). The SMILES string of the molecule is CCSC(=NC(C)=O)SCC. The lowest BCUT2D eigenvalue weighted by molar-refractivity contribution is -0.115. The molecule has 0 unspecified atom stereocenters. The molecule has 0 saturated carbocycles. The Morgan fingerprint density at radius 1 is 1.27 bits per heavy atom. The predicted molar refractivity (Wildman–Crippen MR) is 54.4 cm³/mol. The van der Waals surface area contributed by atoms with Crippen LogP contribution in [0.5, 0.6) is 0 Å². The first-order valence-electron chi connectivity index (χ1n) is 3.55. The van der Waals surface area contributed by atoms with Crippen molar-refractivity contribution in [1.29, 1.82) is 0 Å². The Bertz CT molecular complexity index is 149. The van der Waals surface area contributed by atoms with Gasteiger partial charge < -0.3 is 0 Å². The maximum atomic E-state index is 10.6. The largest absolute Gasteiger partial charge is 0.273 e. The molecule has 0 aromatic rings. The normalized spacial score (nSPS) is 9.36. The van der Waals surface area contributed by atoms with E-state index in [-0.39, 0.29) is 5.91 Å². The van der Waals surface area contributed by atoms with Gasteiger partial charge >= 0.3 is 0 Å². The van der Waals surface area contributed by atoms with Gasteiger partial charge in [-0.3, -0.25) is 4.79 Å². The number of rotatable bonds is 2. The molecule has 0 atom stereocenters. The number of carbonyl (C=O) groups is 1. The average molecular weight is 191 g/mol. The molecule has 0 saturated heterocycles. The zero-order valence-electron chi connectivity index (χ0n) is 7.09. The molecule has 1 amide bonds. The summed E-state index contributed by atoms with van der Waals surface area (Å²) in [5, 5.41) is 0. The van der Waals surface area contributed by atoms with Crippen molar-refractivity contribution in [3.63, 3.8) is 0 Å². The fraction of sp³-hybridized carbons (Fsp3) is 0.714. The molecule has 11 heavy (non-hydrogen) atoms. The van der Waals surface area contributed by atoms with Crippen LogP contribution in [0.4, 0.5) is 0 Å². The van der Waals surface area contributed by atoms with Crippen molar-refractivity contribution in [2.24, 2.45) is 4.99 Å². The highest BCUT2D eigenvalue weighted by Crippen LogP contribution is 2.16. The maximum absolute atomic E-state index is 10.6. The van der Waals surface area contributed by atoms with E-state index in [0.717, 1.165) is 15.9 Å². The molecule has 0 aliphatic heterocycles. The average Bonchev–Trinajstić information content (AvgIpc) is 1.87. The summed E-state index contributed by atoms with van der Waals surface area (Å²) in [6.07, 6.45) is 0. The number of hydrogen-bond donors (Lipinski definition) is 0. The number of aliphatic imine (C=N–C) groups is 1. The Labute approximate surface area is 76.2 Å². The van der Waals surface area contributed by atoms with Gasteiger partial charge in [0.1, 0.15) is 4.38 Å². The standard InChI is InChI=1S/C7H13NOS2/c1-4-10-7(11-5-2)8-6(3)9/h4-5H2,1-3H3. The monoisotopic (exact) mass is 191 g/mol. The molecular weight excluding hydrogens is 178 g/mol. The van der Waals surface area contributed by atoms with Crippen LogP contribution in [0.1, 0.15) is 20.8 Å². The molecule has 0 bridgehead atoms. The molecule has 0 fully saturated rings. The Morgan fingerprint density at radius 2 is 1.73 bits per heavy atom. The lowest BCUT2D eigenvalue weighted by Gasteiger charge is -1.98. The molecule has 0 spiro atoms. The van der Waals surface area contributed by atoms with Crippen molar-refractivity contribution >= 4 is 33.8 Å². The Morgan fingerprint density at radius 3 is 2.00 bits per heavy atom. The second-order valence-corrected chi connectivity index (χ2v) is 4.53. The van der Waals surface area contributed by atoms with Crippen molar-refractivity contribution in [2.45, 2.75) is 20.8 Å². The maximum Gasteiger partial charge on any atom is 0.244 e. The fourth-order valence-corrected chi connectivity index (χ4v) is 2.40. The van der Waals surface area contributed by atoms with Gasteiger partial charge in [-0.05, 0) is 11.5 Å². The molecule has 4 heteroatoms. The second-order valence-electron chi connectivity index (χ2n) is 1.76.